The first-order valence-electron chi connectivity index (χ1n) is 7.93. The van der Waals surface area contributed by atoms with Gasteiger partial charge in [0.05, 0.1) is 12.4 Å². The molecule has 0 saturated heterocycles. The van der Waals surface area contributed by atoms with E-state index >= 15 is 0 Å². The second-order valence-electron chi connectivity index (χ2n) is 5.58. The third-order valence-electron chi connectivity index (χ3n) is 3.64. The van der Waals surface area contributed by atoms with E-state index in [9.17, 15) is 9.18 Å². The molecule has 0 aliphatic heterocycles. The van der Waals surface area contributed by atoms with E-state index in [1.807, 2.05) is 12.1 Å². The largest absolute Gasteiger partial charge is 0.365 e. The molecule has 5 nitrogen and oxygen atoms in total. The Morgan fingerprint density at radius 3 is 2.23 bits per heavy atom. The number of rotatable bonds is 6. The minimum Gasteiger partial charge on any atom is -0.365 e. The van der Waals surface area contributed by atoms with Crippen LogP contribution in [0.3, 0.4) is 0 Å². The number of anilines is 1. The Labute approximate surface area is 155 Å². The van der Waals surface area contributed by atoms with Crippen LogP contribution in [0.4, 0.5) is 10.2 Å². The Hall–Kier alpha value is -2.99. The molecule has 0 aliphatic rings. The average Bonchev–Trinajstić information content (AvgIpc) is 2.67. The third kappa shape index (κ3) is 5.00. The van der Waals surface area contributed by atoms with Gasteiger partial charge in [-0.3, -0.25) is 4.79 Å². The van der Waals surface area contributed by atoms with Gasteiger partial charge < -0.3 is 10.6 Å². The van der Waals surface area contributed by atoms with E-state index in [1.165, 1.54) is 24.5 Å². The molecule has 3 aromatic rings. The molecular formula is C19H16ClFN4O. The monoisotopic (exact) mass is 370 g/mol. The molecule has 0 atom stereocenters. The summed E-state index contributed by atoms with van der Waals surface area (Å²) >= 11 is 5.83. The van der Waals surface area contributed by atoms with Crippen LogP contribution < -0.4 is 10.6 Å². The highest BCUT2D eigenvalue weighted by Crippen LogP contribution is 2.10. The van der Waals surface area contributed by atoms with Gasteiger partial charge in [-0.05, 0) is 35.4 Å². The van der Waals surface area contributed by atoms with Gasteiger partial charge in [-0.1, -0.05) is 35.9 Å². The molecule has 0 saturated carbocycles. The van der Waals surface area contributed by atoms with Gasteiger partial charge in [0.15, 0.2) is 0 Å². The molecule has 1 amide bonds. The van der Waals surface area contributed by atoms with Crippen molar-refractivity contribution >= 4 is 23.3 Å². The summed E-state index contributed by atoms with van der Waals surface area (Å²) in [4.78, 5) is 20.4. The van der Waals surface area contributed by atoms with E-state index in [0.717, 1.165) is 11.1 Å². The van der Waals surface area contributed by atoms with Crippen LogP contribution in [0.5, 0.6) is 0 Å². The molecule has 2 N–H and O–H groups in total. The van der Waals surface area contributed by atoms with Crippen molar-refractivity contribution in [3.63, 3.8) is 0 Å². The number of halogens is 2. The van der Waals surface area contributed by atoms with E-state index < -0.39 is 0 Å². The Morgan fingerprint density at radius 2 is 1.58 bits per heavy atom. The van der Waals surface area contributed by atoms with Gasteiger partial charge in [0.25, 0.3) is 5.91 Å². The standard InChI is InChI=1S/C19H16ClFN4O/c20-15-5-1-13(2-6-15)10-25-19(26)17-11-24-18(12-22-17)23-9-14-3-7-16(21)8-4-14/h1-8,11-12H,9-10H2,(H,23,24)(H,25,26). The SMILES string of the molecule is O=C(NCc1ccc(Cl)cc1)c1cnc(NCc2ccc(F)cc2)cn1. The number of hydrogen-bond acceptors (Lipinski definition) is 4. The van der Waals surface area contributed by atoms with E-state index in [-0.39, 0.29) is 17.4 Å². The summed E-state index contributed by atoms with van der Waals surface area (Å²) in [7, 11) is 0. The van der Waals surface area contributed by atoms with Crippen LogP contribution >= 0.6 is 11.6 Å². The fourth-order valence-corrected chi connectivity index (χ4v) is 2.33. The van der Waals surface area contributed by atoms with Gasteiger partial charge in [0.1, 0.15) is 17.3 Å². The summed E-state index contributed by atoms with van der Waals surface area (Å²) in [5.74, 6) is -0.0522. The Kier molecular flexibility index (Phi) is 5.76. The van der Waals surface area contributed by atoms with E-state index in [0.29, 0.717) is 23.9 Å². The van der Waals surface area contributed by atoms with Crippen molar-refractivity contribution in [2.75, 3.05) is 5.32 Å². The number of carbonyl (C=O) groups excluding carboxylic acids is 1. The van der Waals surface area contributed by atoms with Gasteiger partial charge in [-0.15, -0.1) is 0 Å². The fraction of sp³-hybridized carbons (Fsp3) is 0.105. The van der Waals surface area contributed by atoms with E-state index in [2.05, 4.69) is 20.6 Å². The maximum atomic E-state index is 12.9. The topological polar surface area (TPSA) is 66.9 Å². The van der Waals surface area contributed by atoms with E-state index in [1.54, 1.807) is 24.3 Å². The lowest BCUT2D eigenvalue weighted by Gasteiger charge is -2.07. The summed E-state index contributed by atoms with van der Waals surface area (Å²) < 4.78 is 12.9. The molecular weight excluding hydrogens is 355 g/mol. The average molecular weight is 371 g/mol. The number of nitrogens with zero attached hydrogens (tertiary/aromatic N) is 2. The quantitative estimate of drug-likeness (QED) is 0.692. The van der Waals surface area contributed by atoms with Crippen LogP contribution in [0.25, 0.3) is 0 Å². The predicted octanol–water partition coefficient (Wildman–Crippen LogP) is 3.81. The first-order chi connectivity index (χ1) is 12.6. The molecule has 2 aromatic carbocycles. The zero-order chi connectivity index (χ0) is 18.4. The lowest BCUT2D eigenvalue weighted by Crippen LogP contribution is -2.24. The molecule has 1 aromatic heterocycles. The molecule has 0 unspecified atom stereocenters. The maximum absolute atomic E-state index is 12.9. The van der Waals surface area contributed by atoms with Crippen LogP contribution in [-0.4, -0.2) is 15.9 Å². The Bertz CT molecular complexity index is 868. The number of aromatic nitrogens is 2. The van der Waals surface area contributed by atoms with Crippen LogP contribution in [0.15, 0.2) is 60.9 Å². The summed E-state index contributed by atoms with van der Waals surface area (Å²) in [6.45, 7) is 0.860. The molecule has 0 radical (unpaired) electrons. The zero-order valence-electron chi connectivity index (χ0n) is 13.7. The van der Waals surface area contributed by atoms with Crippen molar-refractivity contribution in [1.82, 2.24) is 15.3 Å². The normalized spacial score (nSPS) is 10.4. The van der Waals surface area contributed by atoms with Gasteiger partial charge in [-0.2, -0.15) is 0 Å². The predicted molar refractivity (Wildman–Crippen MR) is 98.4 cm³/mol. The van der Waals surface area contributed by atoms with Crippen LogP contribution in [0.1, 0.15) is 21.6 Å². The summed E-state index contributed by atoms with van der Waals surface area (Å²) in [5.41, 5.74) is 2.08. The highest BCUT2D eigenvalue weighted by atomic mass is 35.5. The van der Waals surface area contributed by atoms with E-state index in [4.69, 9.17) is 11.6 Å². The Morgan fingerprint density at radius 1 is 0.923 bits per heavy atom. The maximum Gasteiger partial charge on any atom is 0.271 e. The van der Waals surface area contributed by atoms with Crippen LogP contribution in [0, 0.1) is 5.82 Å². The summed E-state index contributed by atoms with van der Waals surface area (Å²) in [5, 5.41) is 6.49. The second kappa shape index (κ2) is 8.40. The molecule has 3 rings (SSSR count). The second-order valence-corrected chi connectivity index (χ2v) is 6.01. The molecule has 132 valence electrons. The molecule has 7 heteroatoms. The van der Waals surface area contributed by atoms with Crippen molar-refractivity contribution in [2.24, 2.45) is 0 Å². The van der Waals surface area contributed by atoms with Crippen molar-refractivity contribution in [3.05, 3.63) is 88.6 Å². The molecule has 0 spiro atoms. The van der Waals surface area contributed by atoms with Crippen molar-refractivity contribution < 1.29 is 9.18 Å². The van der Waals surface area contributed by atoms with Gasteiger partial charge >= 0.3 is 0 Å². The van der Waals surface area contributed by atoms with Crippen molar-refractivity contribution in [1.29, 1.82) is 0 Å². The molecule has 0 fully saturated rings. The fourth-order valence-electron chi connectivity index (χ4n) is 2.21. The molecule has 0 aliphatic carbocycles. The van der Waals surface area contributed by atoms with Crippen LogP contribution in [0.2, 0.25) is 5.02 Å². The van der Waals surface area contributed by atoms with Crippen LogP contribution in [-0.2, 0) is 13.1 Å². The number of benzene rings is 2. The van der Waals surface area contributed by atoms with Gasteiger partial charge in [-0.25, -0.2) is 14.4 Å². The number of amides is 1. The van der Waals surface area contributed by atoms with Crippen molar-refractivity contribution in [3.8, 4) is 0 Å². The van der Waals surface area contributed by atoms with Gasteiger partial charge in [0.2, 0.25) is 0 Å². The lowest BCUT2D eigenvalue weighted by molar-refractivity contribution is 0.0945. The smallest absolute Gasteiger partial charge is 0.271 e. The number of nitrogens with one attached hydrogen (secondary N) is 2. The number of hydrogen-bond donors (Lipinski definition) is 2. The summed E-state index contributed by atoms with van der Waals surface area (Å²) in [6.07, 6.45) is 2.89. The number of carbonyl (C=O) groups is 1. The van der Waals surface area contributed by atoms with Gasteiger partial charge in [0, 0.05) is 18.1 Å². The summed E-state index contributed by atoms with van der Waals surface area (Å²) in [6, 6.07) is 13.4. The highest BCUT2D eigenvalue weighted by Gasteiger charge is 2.08. The first kappa shape index (κ1) is 17.8. The minimum absolute atomic E-state index is 0.228. The highest BCUT2D eigenvalue weighted by molar-refractivity contribution is 6.30. The molecule has 1 heterocycles. The third-order valence-corrected chi connectivity index (χ3v) is 3.89. The molecule has 0 bridgehead atoms. The first-order valence-corrected chi connectivity index (χ1v) is 8.31. The van der Waals surface area contributed by atoms with Crippen molar-refractivity contribution in [2.45, 2.75) is 13.1 Å². The Balaban J connectivity index is 1.52. The minimum atomic E-state index is -0.308. The zero-order valence-corrected chi connectivity index (χ0v) is 14.5. The molecule has 26 heavy (non-hydrogen) atoms. The lowest BCUT2D eigenvalue weighted by atomic mass is 10.2.